The van der Waals surface area contributed by atoms with Crippen molar-refractivity contribution in [2.24, 2.45) is 0 Å². The summed E-state index contributed by atoms with van der Waals surface area (Å²) in [4.78, 5) is 28.1. The van der Waals surface area contributed by atoms with E-state index in [1.165, 1.54) is 0 Å². The molecule has 2 N–H and O–H groups in total. The van der Waals surface area contributed by atoms with Crippen LogP contribution in [0.3, 0.4) is 0 Å². The van der Waals surface area contributed by atoms with Crippen LogP contribution in [0.2, 0.25) is 0 Å². The Labute approximate surface area is 170 Å². The number of aromatic amines is 1. The molecule has 0 aliphatic carbocycles. The SMILES string of the molecule is CCC(C)c1ccccc1NC(=O)C(C)OC(=O)c1cc2ccc(OC)cc2[nH]1. The van der Waals surface area contributed by atoms with Gasteiger partial charge in [0.1, 0.15) is 11.4 Å². The number of carbonyl (C=O) groups excluding carboxylic acids is 2. The summed E-state index contributed by atoms with van der Waals surface area (Å²) in [5.41, 5.74) is 2.85. The molecule has 3 aromatic rings. The van der Waals surface area contributed by atoms with Gasteiger partial charge >= 0.3 is 5.97 Å². The zero-order valence-electron chi connectivity index (χ0n) is 17.1. The molecule has 2 atom stereocenters. The van der Waals surface area contributed by atoms with Crippen LogP contribution in [0.25, 0.3) is 10.9 Å². The molecule has 1 aromatic heterocycles. The number of methoxy groups -OCH3 is 1. The molecule has 2 aromatic carbocycles. The summed E-state index contributed by atoms with van der Waals surface area (Å²) in [6.07, 6.45) is 0.0243. The van der Waals surface area contributed by atoms with Crippen molar-refractivity contribution in [1.82, 2.24) is 4.98 Å². The number of H-pyrrole nitrogens is 1. The number of amides is 1. The van der Waals surface area contributed by atoms with Gasteiger partial charge in [-0.05, 0) is 49.1 Å². The van der Waals surface area contributed by atoms with Gasteiger partial charge in [-0.15, -0.1) is 0 Å². The summed E-state index contributed by atoms with van der Waals surface area (Å²) in [6.45, 7) is 5.77. The Kier molecular flexibility index (Phi) is 6.22. The third-order valence-corrected chi connectivity index (χ3v) is 5.06. The predicted octanol–water partition coefficient (Wildman–Crippen LogP) is 4.87. The number of benzene rings is 2. The van der Waals surface area contributed by atoms with Gasteiger partial charge in [-0.1, -0.05) is 32.0 Å². The number of nitrogens with one attached hydrogen (secondary N) is 2. The number of rotatable bonds is 7. The average Bonchev–Trinajstić information content (AvgIpc) is 3.16. The molecule has 3 rings (SSSR count). The number of esters is 1. The highest BCUT2D eigenvalue weighted by Crippen LogP contribution is 2.27. The lowest BCUT2D eigenvalue weighted by atomic mass is 9.97. The zero-order chi connectivity index (χ0) is 21.0. The summed E-state index contributed by atoms with van der Waals surface area (Å²) in [6, 6.07) is 14.8. The predicted molar refractivity (Wildman–Crippen MR) is 114 cm³/mol. The van der Waals surface area contributed by atoms with E-state index in [1.54, 1.807) is 26.2 Å². The summed E-state index contributed by atoms with van der Waals surface area (Å²) in [5, 5.41) is 3.74. The first-order valence-corrected chi connectivity index (χ1v) is 9.70. The van der Waals surface area contributed by atoms with Gasteiger partial charge < -0.3 is 19.8 Å². The monoisotopic (exact) mass is 394 g/mol. The van der Waals surface area contributed by atoms with E-state index in [1.807, 2.05) is 36.4 Å². The summed E-state index contributed by atoms with van der Waals surface area (Å²) in [5.74, 6) is 0.0459. The lowest BCUT2D eigenvalue weighted by Gasteiger charge is -2.18. The second-order valence-electron chi connectivity index (χ2n) is 7.07. The van der Waals surface area contributed by atoms with Gasteiger partial charge in [0.05, 0.1) is 7.11 Å². The van der Waals surface area contributed by atoms with Gasteiger partial charge in [-0.2, -0.15) is 0 Å². The minimum absolute atomic E-state index is 0.285. The van der Waals surface area contributed by atoms with Crippen molar-refractivity contribution in [2.45, 2.75) is 39.2 Å². The molecule has 152 valence electrons. The lowest BCUT2D eigenvalue weighted by Crippen LogP contribution is -2.30. The van der Waals surface area contributed by atoms with Crippen LogP contribution in [0.15, 0.2) is 48.5 Å². The van der Waals surface area contributed by atoms with Crippen molar-refractivity contribution in [3.05, 3.63) is 59.8 Å². The van der Waals surface area contributed by atoms with E-state index in [0.29, 0.717) is 11.7 Å². The Morgan fingerprint density at radius 1 is 1.10 bits per heavy atom. The maximum atomic E-state index is 12.6. The van der Waals surface area contributed by atoms with Crippen molar-refractivity contribution in [3.8, 4) is 5.75 Å². The Morgan fingerprint density at radius 2 is 1.86 bits per heavy atom. The number of aromatic nitrogens is 1. The van der Waals surface area contributed by atoms with Crippen LogP contribution in [-0.2, 0) is 9.53 Å². The molecule has 29 heavy (non-hydrogen) atoms. The summed E-state index contributed by atoms with van der Waals surface area (Å²) >= 11 is 0. The average molecular weight is 394 g/mol. The number of para-hydroxylation sites is 1. The second-order valence-corrected chi connectivity index (χ2v) is 7.07. The number of carbonyl (C=O) groups is 2. The van der Waals surface area contributed by atoms with E-state index in [0.717, 1.165) is 28.6 Å². The normalized spacial score (nSPS) is 13.0. The van der Waals surface area contributed by atoms with Gasteiger partial charge in [0.15, 0.2) is 6.10 Å². The van der Waals surface area contributed by atoms with Gasteiger partial charge in [0.2, 0.25) is 0 Å². The van der Waals surface area contributed by atoms with Crippen LogP contribution in [0, 0.1) is 0 Å². The second kappa shape index (κ2) is 8.82. The molecule has 0 radical (unpaired) electrons. The minimum atomic E-state index is -0.937. The van der Waals surface area contributed by atoms with Gasteiger partial charge in [-0.3, -0.25) is 4.79 Å². The van der Waals surface area contributed by atoms with Crippen LogP contribution in [-0.4, -0.2) is 30.1 Å². The first kappa shape index (κ1) is 20.5. The summed E-state index contributed by atoms with van der Waals surface area (Å²) in [7, 11) is 1.58. The van der Waals surface area contributed by atoms with Crippen LogP contribution in [0.4, 0.5) is 5.69 Å². The van der Waals surface area contributed by atoms with E-state index in [9.17, 15) is 9.59 Å². The molecule has 0 bridgehead atoms. The maximum absolute atomic E-state index is 12.6. The fraction of sp³-hybridized carbons (Fsp3) is 0.304. The Morgan fingerprint density at radius 3 is 2.59 bits per heavy atom. The highest BCUT2D eigenvalue weighted by atomic mass is 16.5. The van der Waals surface area contributed by atoms with E-state index < -0.39 is 12.1 Å². The maximum Gasteiger partial charge on any atom is 0.355 e. The molecule has 1 amide bonds. The van der Waals surface area contributed by atoms with Crippen molar-refractivity contribution in [2.75, 3.05) is 12.4 Å². The minimum Gasteiger partial charge on any atom is -0.497 e. The Hall–Kier alpha value is -3.28. The van der Waals surface area contributed by atoms with E-state index in [2.05, 4.69) is 24.1 Å². The highest BCUT2D eigenvalue weighted by molar-refractivity contribution is 5.99. The highest BCUT2D eigenvalue weighted by Gasteiger charge is 2.21. The first-order valence-electron chi connectivity index (χ1n) is 9.70. The molecule has 6 heteroatoms. The summed E-state index contributed by atoms with van der Waals surface area (Å²) < 4.78 is 10.6. The number of fused-ring (bicyclic) bond motifs is 1. The van der Waals surface area contributed by atoms with Crippen molar-refractivity contribution in [1.29, 1.82) is 0 Å². The van der Waals surface area contributed by atoms with Crippen LogP contribution in [0.5, 0.6) is 5.75 Å². The smallest absolute Gasteiger partial charge is 0.355 e. The fourth-order valence-corrected chi connectivity index (χ4v) is 3.12. The number of hydrogen-bond acceptors (Lipinski definition) is 4. The number of anilines is 1. The van der Waals surface area contributed by atoms with Crippen LogP contribution < -0.4 is 10.1 Å². The van der Waals surface area contributed by atoms with Gasteiger partial charge in [0.25, 0.3) is 5.91 Å². The molecule has 2 unspecified atom stereocenters. The van der Waals surface area contributed by atoms with Crippen molar-refractivity contribution >= 4 is 28.5 Å². The molecule has 0 saturated carbocycles. The quantitative estimate of drug-likeness (QED) is 0.560. The number of ether oxygens (including phenoxy) is 2. The molecule has 0 fully saturated rings. The van der Waals surface area contributed by atoms with Crippen molar-refractivity contribution in [3.63, 3.8) is 0 Å². The topological polar surface area (TPSA) is 80.4 Å². The first-order chi connectivity index (χ1) is 13.9. The zero-order valence-corrected chi connectivity index (χ0v) is 17.1. The van der Waals surface area contributed by atoms with Gasteiger partial charge in [0, 0.05) is 22.7 Å². The molecule has 1 heterocycles. The van der Waals surface area contributed by atoms with Gasteiger partial charge in [-0.25, -0.2) is 4.79 Å². The van der Waals surface area contributed by atoms with Crippen LogP contribution >= 0.6 is 0 Å². The largest absolute Gasteiger partial charge is 0.497 e. The third kappa shape index (κ3) is 4.59. The molecule has 0 aliphatic heterocycles. The Balaban J connectivity index is 1.69. The Bertz CT molecular complexity index is 1020. The number of hydrogen-bond donors (Lipinski definition) is 2. The lowest BCUT2D eigenvalue weighted by molar-refractivity contribution is -0.123. The molecular weight excluding hydrogens is 368 g/mol. The molecule has 0 saturated heterocycles. The standard InChI is InChI=1S/C23H26N2O4/c1-5-14(2)18-8-6-7-9-19(18)25-22(26)15(3)29-23(27)21-12-16-10-11-17(28-4)13-20(16)24-21/h6-15,24H,5H2,1-4H3,(H,25,26). The molecular formula is C23H26N2O4. The fourth-order valence-electron chi connectivity index (χ4n) is 3.12. The van der Waals surface area contributed by atoms with E-state index in [4.69, 9.17) is 9.47 Å². The van der Waals surface area contributed by atoms with E-state index >= 15 is 0 Å². The molecule has 0 spiro atoms. The third-order valence-electron chi connectivity index (χ3n) is 5.06. The molecule has 6 nitrogen and oxygen atoms in total. The van der Waals surface area contributed by atoms with Crippen molar-refractivity contribution < 1.29 is 19.1 Å². The molecule has 0 aliphatic rings. The van der Waals surface area contributed by atoms with Crippen LogP contribution in [0.1, 0.15) is 49.2 Å². The van der Waals surface area contributed by atoms with E-state index in [-0.39, 0.29) is 11.6 Å².